The number of fused-ring (bicyclic) bond motifs is 1. The first kappa shape index (κ1) is 13.9. The van der Waals surface area contributed by atoms with E-state index in [9.17, 15) is 5.11 Å². The average Bonchev–Trinajstić information content (AvgIpc) is 2.38. The van der Waals surface area contributed by atoms with Gasteiger partial charge in [0.1, 0.15) is 12.5 Å². The van der Waals surface area contributed by atoms with Gasteiger partial charge in [-0.2, -0.15) is 0 Å². The molecule has 0 aromatic heterocycles. The van der Waals surface area contributed by atoms with Crippen LogP contribution < -0.4 is 4.74 Å². The molecular weight excluding hydrogens is 374 g/mol. The van der Waals surface area contributed by atoms with Crippen LogP contribution in [-0.2, 0) is 6.54 Å². The number of halogens is 2. The quantitative estimate of drug-likeness (QED) is 0.794. The second-order valence-electron chi connectivity index (χ2n) is 5.36. The first-order valence-electron chi connectivity index (χ1n) is 6.66. The molecule has 2 aliphatic rings. The first-order chi connectivity index (χ1) is 9.13. The Morgan fingerprint density at radius 2 is 1.89 bits per heavy atom. The lowest BCUT2D eigenvalue weighted by atomic mass is 9.92. The van der Waals surface area contributed by atoms with Gasteiger partial charge in [0.15, 0.2) is 0 Å². The van der Waals surface area contributed by atoms with E-state index in [1.54, 1.807) is 0 Å². The highest BCUT2D eigenvalue weighted by molar-refractivity contribution is 9.11. The molecule has 1 heterocycles. The lowest BCUT2D eigenvalue weighted by molar-refractivity contribution is 0.0157. The molecule has 0 amide bonds. The summed E-state index contributed by atoms with van der Waals surface area (Å²) in [6.45, 7) is 1.57. The SMILES string of the molecule is OC1CCC(N2COc3c(Br)cc(Br)cc3C2)CC1. The van der Waals surface area contributed by atoms with Gasteiger partial charge in [-0.25, -0.2) is 0 Å². The molecule has 3 nitrogen and oxygen atoms in total. The number of benzene rings is 1. The molecule has 5 heteroatoms. The smallest absolute Gasteiger partial charge is 0.142 e. The molecular formula is C14H17Br2NO2. The zero-order valence-corrected chi connectivity index (χ0v) is 13.8. The fraction of sp³-hybridized carbons (Fsp3) is 0.571. The second-order valence-corrected chi connectivity index (χ2v) is 7.13. The van der Waals surface area contributed by atoms with Gasteiger partial charge in [-0.3, -0.25) is 4.90 Å². The third-order valence-corrected chi connectivity index (χ3v) is 5.06. The standard InChI is InChI=1S/C14H17Br2NO2/c15-10-5-9-7-17(8-19-14(9)13(16)6-10)11-1-3-12(18)4-2-11/h5-6,11-12,18H,1-4,7-8H2. The summed E-state index contributed by atoms with van der Waals surface area (Å²) in [5, 5.41) is 9.59. The molecule has 1 aliphatic carbocycles. The van der Waals surface area contributed by atoms with Crippen LogP contribution in [0.4, 0.5) is 0 Å². The van der Waals surface area contributed by atoms with E-state index in [1.165, 1.54) is 5.56 Å². The molecule has 0 saturated heterocycles. The number of nitrogens with zero attached hydrogens (tertiary/aromatic N) is 1. The Balaban J connectivity index is 1.75. The van der Waals surface area contributed by atoms with Gasteiger partial charge in [0.2, 0.25) is 0 Å². The van der Waals surface area contributed by atoms with Gasteiger partial charge in [0.25, 0.3) is 0 Å². The fourth-order valence-electron chi connectivity index (χ4n) is 2.96. The van der Waals surface area contributed by atoms with Crippen molar-refractivity contribution in [1.82, 2.24) is 4.90 Å². The summed E-state index contributed by atoms with van der Waals surface area (Å²) in [7, 11) is 0. The minimum atomic E-state index is -0.0995. The maximum Gasteiger partial charge on any atom is 0.142 e. The van der Waals surface area contributed by atoms with E-state index in [-0.39, 0.29) is 6.10 Å². The van der Waals surface area contributed by atoms with E-state index in [0.717, 1.165) is 46.9 Å². The minimum Gasteiger partial charge on any atom is -0.477 e. The molecule has 1 aromatic carbocycles. The number of aliphatic hydroxyl groups excluding tert-OH is 1. The number of aliphatic hydroxyl groups is 1. The van der Waals surface area contributed by atoms with Crippen molar-refractivity contribution in [3.05, 3.63) is 26.6 Å². The topological polar surface area (TPSA) is 32.7 Å². The summed E-state index contributed by atoms with van der Waals surface area (Å²) in [6, 6.07) is 4.68. The third-order valence-electron chi connectivity index (χ3n) is 4.02. The molecule has 0 bridgehead atoms. The van der Waals surface area contributed by atoms with Gasteiger partial charge in [0.05, 0.1) is 10.6 Å². The summed E-state index contributed by atoms with van der Waals surface area (Å²) in [5.41, 5.74) is 1.22. The van der Waals surface area contributed by atoms with Crippen LogP contribution in [0.1, 0.15) is 31.2 Å². The highest BCUT2D eigenvalue weighted by Crippen LogP contribution is 2.37. The van der Waals surface area contributed by atoms with Crippen LogP contribution in [0.25, 0.3) is 0 Å². The summed E-state index contributed by atoms with van der Waals surface area (Å²) in [6.07, 6.45) is 3.86. The third kappa shape index (κ3) is 2.99. The van der Waals surface area contributed by atoms with Crippen LogP contribution in [0.15, 0.2) is 21.1 Å². The van der Waals surface area contributed by atoms with E-state index in [0.29, 0.717) is 12.8 Å². The molecule has 1 aromatic rings. The molecule has 1 saturated carbocycles. The number of ether oxygens (including phenoxy) is 1. The van der Waals surface area contributed by atoms with Crippen molar-refractivity contribution in [2.24, 2.45) is 0 Å². The van der Waals surface area contributed by atoms with E-state index in [4.69, 9.17) is 4.74 Å². The van der Waals surface area contributed by atoms with Crippen molar-refractivity contribution in [1.29, 1.82) is 0 Å². The minimum absolute atomic E-state index is 0.0995. The molecule has 1 N–H and O–H groups in total. The Morgan fingerprint density at radius 3 is 2.63 bits per heavy atom. The molecule has 3 rings (SSSR count). The van der Waals surface area contributed by atoms with Crippen LogP contribution in [0, 0.1) is 0 Å². The van der Waals surface area contributed by atoms with Crippen molar-refractivity contribution in [3.8, 4) is 5.75 Å². The lowest BCUT2D eigenvalue weighted by Crippen LogP contribution is -2.42. The van der Waals surface area contributed by atoms with Crippen LogP contribution in [0.5, 0.6) is 5.75 Å². The molecule has 0 atom stereocenters. The van der Waals surface area contributed by atoms with Crippen molar-refractivity contribution in [3.63, 3.8) is 0 Å². The second kappa shape index (κ2) is 5.72. The maximum absolute atomic E-state index is 9.59. The average molecular weight is 391 g/mol. The number of hydrogen-bond donors (Lipinski definition) is 1. The van der Waals surface area contributed by atoms with Gasteiger partial charge in [0, 0.05) is 22.6 Å². The molecule has 0 radical (unpaired) electrons. The Labute approximate surface area is 130 Å². The van der Waals surface area contributed by atoms with Crippen LogP contribution in [0.2, 0.25) is 0 Å². The van der Waals surface area contributed by atoms with Gasteiger partial charge in [-0.05, 0) is 53.7 Å². The monoisotopic (exact) mass is 389 g/mol. The van der Waals surface area contributed by atoms with Crippen molar-refractivity contribution in [2.75, 3.05) is 6.73 Å². The summed E-state index contributed by atoms with van der Waals surface area (Å²) in [5.74, 6) is 0.968. The number of rotatable bonds is 1. The van der Waals surface area contributed by atoms with Gasteiger partial charge in [-0.15, -0.1) is 0 Å². The van der Waals surface area contributed by atoms with Crippen molar-refractivity contribution in [2.45, 2.75) is 44.4 Å². The van der Waals surface area contributed by atoms with Gasteiger partial charge < -0.3 is 9.84 Å². The lowest BCUT2D eigenvalue weighted by Gasteiger charge is -2.38. The van der Waals surface area contributed by atoms with E-state index in [1.807, 2.05) is 6.07 Å². The molecule has 0 unspecified atom stereocenters. The largest absolute Gasteiger partial charge is 0.477 e. The zero-order valence-electron chi connectivity index (χ0n) is 10.6. The predicted molar refractivity (Wildman–Crippen MR) is 81.1 cm³/mol. The maximum atomic E-state index is 9.59. The summed E-state index contributed by atoms with van der Waals surface area (Å²) in [4.78, 5) is 2.38. The highest BCUT2D eigenvalue weighted by atomic mass is 79.9. The molecule has 1 fully saturated rings. The van der Waals surface area contributed by atoms with Gasteiger partial charge >= 0.3 is 0 Å². The van der Waals surface area contributed by atoms with Crippen molar-refractivity contribution >= 4 is 31.9 Å². The Bertz CT molecular complexity index is 473. The predicted octanol–water partition coefficient (Wildman–Crippen LogP) is 3.67. The van der Waals surface area contributed by atoms with E-state index >= 15 is 0 Å². The number of hydrogen-bond acceptors (Lipinski definition) is 3. The van der Waals surface area contributed by atoms with Crippen LogP contribution >= 0.6 is 31.9 Å². The van der Waals surface area contributed by atoms with E-state index < -0.39 is 0 Å². The zero-order chi connectivity index (χ0) is 13.4. The molecule has 104 valence electrons. The molecule has 19 heavy (non-hydrogen) atoms. The van der Waals surface area contributed by atoms with E-state index in [2.05, 4.69) is 42.8 Å². The Kier molecular flexibility index (Phi) is 4.17. The highest BCUT2D eigenvalue weighted by Gasteiger charge is 2.29. The Morgan fingerprint density at radius 1 is 1.16 bits per heavy atom. The normalized spacial score (nSPS) is 27.7. The summed E-state index contributed by atoms with van der Waals surface area (Å²) >= 11 is 7.08. The molecule has 0 spiro atoms. The van der Waals surface area contributed by atoms with Crippen molar-refractivity contribution < 1.29 is 9.84 Å². The Hall–Kier alpha value is -0.100. The van der Waals surface area contributed by atoms with Crippen LogP contribution in [0.3, 0.4) is 0 Å². The fourth-order valence-corrected chi connectivity index (χ4v) is 4.39. The first-order valence-corrected chi connectivity index (χ1v) is 8.25. The van der Waals surface area contributed by atoms with Gasteiger partial charge in [-0.1, -0.05) is 15.9 Å². The summed E-state index contributed by atoms with van der Waals surface area (Å²) < 4.78 is 7.98. The van der Waals surface area contributed by atoms with Crippen LogP contribution in [-0.4, -0.2) is 28.9 Å². The molecule has 1 aliphatic heterocycles.